The van der Waals surface area contributed by atoms with Crippen LogP contribution in [-0.2, 0) is 13.1 Å². The Labute approximate surface area is 200 Å². The molecule has 5 rings (SSSR count). The molecule has 0 radical (unpaired) electrons. The average molecular weight is 464 g/mol. The number of pyridine rings is 1. The first-order chi connectivity index (χ1) is 16.6. The third-order valence-corrected chi connectivity index (χ3v) is 6.90. The summed E-state index contributed by atoms with van der Waals surface area (Å²) in [6.07, 6.45) is 2.20. The molecule has 7 nitrogen and oxygen atoms in total. The van der Waals surface area contributed by atoms with E-state index in [1.165, 1.54) is 5.56 Å². The van der Waals surface area contributed by atoms with Gasteiger partial charge in [-0.1, -0.05) is 6.07 Å². The number of fused-ring (bicyclic) bond motifs is 2. The maximum absolute atomic E-state index is 12.7. The third kappa shape index (κ3) is 4.91. The fourth-order valence-electron chi connectivity index (χ4n) is 5.01. The van der Waals surface area contributed by atoms with Gasteiger partial charge in [-0.15, -0.1) is 0 Å². The van der Waals surface area contributed by atoms with Gasteiger partial charge in [-0.05, 0) is 68.2 Å². The van der Waals surface area contributed by atoms with Crippen LogP contribution in [0.5, 0.6) is 17.2 Å². The van der Waals surface area contributed by atoms with E-state index in [0.717, 1.165) is 72.7 Å². The number of aromatic nitrogens is 1. The molecule has 0 amide bonds. The summed E-state index contributed by atoms with van der Waals surface area (Å²) in [4.78, 5) is 15.2. The standard InChI is InChI=1S/C27H33N3O4/c1-19-15-27(31)30(24-17-22(32-2)4-5-23(19)24)12-9-28-21-7-10-29(11-8-21)18-20-3-6-25-26(16-20)34-14-13-33-25/h3-6,15-17,21,28H,7-14,18H2,1-2H3. The molecule has 0 atom stereocenters. The topological polar surface area (TPSA) is 65.0 Å². The highest BCUT2D eigenvalue weighted by Crippen LogP contribution is 2.31. The Balaban J connectivity index is 1.15. The summed E-state index contributed by atoms with van der Waals surface area (Å²) in [5, 5.41) is 4.77. The number of nitrogens with zero attached hydrogens (tertiary/aromatic N) is 2. The van der Waals surface area contributed by atoms with Crippen molar-refractivity contribution in [2.75, 3.05) is 40.0 Å². The lowest BCUT2D eigenvalue weighted by Gasteiger charge is -2.32. The molecule has 1 aromatic heterocycles. The van der Waals surface area contributed by atoms with E-state index in [1.807, 2.05) is 35.8 Å². The van der Waals surface area contributed by atoms with Crippen molar-refractivity contribution in [1.82, 2.24) is 14.8 Å². The third-order valence-electron chi connectivity index (χ3n) is 6.90. The second-order valence-corrected chi connectivity index (χ2v) is 9.18. The van der Waals surface area contributed by atoms with Crippen LogP contribution in [0.1, 0.15) is 24.0 Å². The van der Waals surface area contributed by atoms with E-state index in [1.54, 1.807) is 13.2 Å². The molecule has 3 aromatic rings. The van der Waals surface area contributed by atoms with Gasteiger partial charge in [-0.25, -0.2) is 0 Å². The second-order valence-electron chi connectivity index (χ2n) is 9.18. The fraction of sp³-hybridized carbons (Fsp3) is 0.444. The molecule has 1 saturated heterocycles. The normalized spacial score (nSPS) is 16.6. The van der Waals surface area contributed by atoms with Gasteiger partial charge in [0.2, 0.25) is 0 Å². The van der Waals surface area contributed by atoms with Crippen LogP contribution >= 0.6 is 0 Å². The molecule has 0 saturated carbocycles. The number of hydrogen-bond donors (Lipinski definition) is 1. The summed E-state index contributed by atoms with van der Waals surface area (Å²) in [5.74, 6) is 2.47. The van der Waals surface area contributed by atoms with Crippen LogP contribution in [0.25, 0.3) is 10.9 Å². The van der Waals surface area contributed by atoms with Gasteiger partial charge >= 0.3 is 0 Å². The van der Waals surface area contributed by atoms with Gasteiger partial charge in [0.15, 0.2) is 11.5 Å². The Kier molecular flexibility index (Phi) is 6.74. The van der Waals surface area contributed by atoms with E-state index in [9.17, 15) is 4.79 Å². The van der Waals surface area contributed by atoms with E-state index >= 15 is 0 Å². The highest BCUT2D eigenvalue weighted by atomic mass is 16.6. The molecule has 34 heavy (non-hydrogen) atoms. The van der Waals surface area contributed by atoms with Gasteiger partial charge in [-0.2, -0.15) is 0 Å². The second kappa shape index (κ2) is 10.1. The fourth-order valence-corrected chi connectivity index (χ4v) is 5.01. The Morgan fingerprint density at radius 1 is 1.03 bits per heavy atom. The summed E-state index contributed by atoms with van der Waals surface area (Å²) in [7, 11) is 1.65. The summed E-state index contributed by atoms with van der Waals surface area (Å²) >= 11 is 0. The van der Waals surface area contributed by atoms with Crippen LogP contribution in [0, 0.1) is 6.92 Å². The van der Waals surface area contributed by atoms with Gasteiger partial charge < -0.3 is 24.1 Å². The first kappa shape index (κ1) is 22.7. The molecule has 2 aliphatic rings. The Bertz CT molecular complexity index is 1210. The SMILES string of the molecule is COc1ccc2c(C)cc(=O)n(CCNC3CCN(Cc4ccc5c(c4)OCCO5)CC3)c2c1. The van der Waals surface area contributed by atoms with E-state index in [-0.39, 0.29) is 5.56 Å². The van der Waals surface area contributed by atoms with Crippen LogP contribution < -0.4 is 25.1 Å². The van der Waals surface area contributed by atoms with Crippen LogP contribution in [0.4, 0.5) is 0 Å². The van der Waals surface area contributed by atoms with Crippen molar-refractivity contribution in [2.24, 2.45) is 0 Å². The number of rotatable bonds is 7. The predicted octanol–water partition coefficient (Wildman–Crippen LogP) is 3.34. The zero-order valence-electron chi connectivity index (χ0n) is 20.0. The molecule has 2 aliphatic heterocycles. The molecule has 0 aliphatic carbocycles. The van der Waals surface area contributed by atoms with Crippen molar-refractivity contribution in [2.45, 2.75) is 38.9 Å². The summed E-state index contributed by atoms with van der Waals surface area (Å²) in [5.41, 5.74) is 3.23. The Morgan fingerprint density at radius 3 is 2.62 bits per heavy atom. The molecule has 2 aromatic carbocycles. The summed E-state index contributed by atoms with van der Waals surface area (Å²) in [6, 6.07) is 14.4. The van der Waals surface area contributed by atoms with Crippen molar-refractivity contribution in [3.8, 4) is 17.2 Å². The number of hydrogen-bond acceptors (Lipinski definition) is 6. The number of likely N-dealkylation sites (tertiary alicyclic amines) is 1. The molecule has 0 bridgehead atoms. The number of aryl methyl sites for hydroxylation is 1. The number of piperidine rings is 1. The highest BCUT2D eigenvalue weighted by Gasteiger charge is 2.20. The first-order valence-corrected chi connectivity index (χ1v) is 12.1. The van der Waals surface area contributed by atoms with Crippen LogP contribution in [-0.4, -0.2) is 55.5 Å². The smallest absolute Gasteiger partial charge is 0.251 e. The maximum Gasteiger partial charge on any atom is 0.251 e. The lowest BCUT2D eigenvalue weighted by molar-refractivity contribution is 0.169. The molecule has 1 fully saturated rings. The minimum atomic E-state index is 0.0364. The van der Waals surface area contributed by atoms with Gasteiger partial charge in [0.25, 0.3) is 5.56 Å². The van der Waals surface area contributed by atoms with Crippen molar-refractivity contribution >= 4 is 10.9 Å². The first-order valence-electron chi connectivity index (χ1n) is 12.1. The van der Waals surface area contributed by atoms with Crippen molar-refractivity contribution in [3.63, 3.8) is 0 Å². The van der Waals surface area contributed by atoms with Crippen LogP contribution in [0.2, 0.25) is 0 Å². The molecule has 0 unspecified atom stereocenters. The largest absolute Gasteiger partial charge is 0.497 e. The predicted molar refractivity (Wildman–Crippen MR) is 133 cm³/mol. The summed E-state index contributed by atoms with van der Waals surface area (Å²) < 4.78 is 18.6. The molecule has 0 spiro atoms. The molecule has 3 heterocycles. The zero-order valence-corrected chi connectivity index (χ0v) is 20.0. The minimum Gasteiger partial charge on any atom is -0.497 e. The molecular weight excluding hydrogens is 430 g/mol. The van der Waals surface area contributed by atoms with Gasteiger partial charge in [0, 0.05) is 43.2 Å². The van der Waals surface area contributed by atoms with E-state index < -0.39 is 0 Å². The van der Waals surface area contributed by atoms with E-state index in [2.05, 4.69) is 22.3 Å². The number of nitrogens with one attached hydrogen (secondary N) is 1. The Hall–Kier alpha value is -3.03. The summed E-state index contributed by atoms with van der Waals surface area (Å²) in [6.45, 7) is 7.66. The van der Waals surface area contributed by atoms with E-state index in [0.29, 0.717) is 25.8 Å². The lowest BCUT2D eigenvalue weighted by Crippen LogP contribution is -2.43. The van der Waals surface area contributed by atoms with Crippen LogP contribution in [0.15, 0.2) is 47.3 Å². The van der Waals surface area contributed by atoms with Gasteiger partial charge in [0.1, 0.15) is 19.0 Å². The van der Waals surface area contributed by atoms with Crippen LogP contribution in [0.3, 0.4) is 0 Å². The monoisotopic (exact) mass is 463 g/mol. The van der Waals surface area contributed by atoms with Gasteiger partial charge in [0.05, 0.1) is 12.6 Å². The highest BCUT2D eigenvalue weighted by molar-refractivity contribution is 5.83. The van der Waals surface area contributed by atoms with Gasteiger partial charge in [-0.3, -0.25) is 9.69 Å². The lowest BCUT2D eigenvalue weighted by atomic mass is 10.0. The van der Waals surface area contributed by atoms with E-state index in [4.69, 9.17) is 14.2 Å². The Morgan fingerprint density at radius 2 is 1.82 bits per heavy atom. The van der Waals surface area contributed by atoms with Crippen molar-refractivity contribution in [3.05, 3.63) is 63.9 Å². The number of methoxy groups -OCH3 is 1. The minimum absolute atomic E-state index is 0.0364. The quantitative estimate of drug-likeness (QED) is 0.580. The number of benzene rings is 2. The zero-order chi connectivity index (χ0) is 23.5. The molecule has 1 N–H and O–H groups in total. The van der Waals surface area contributed by atoms with Crippen molar-refractivity contribution in [1.29, 1.82) is 0 Å². The van der Waals surface area contributed by atoms with Crippen molar-refractivity contribution < 1.29 is 14.2 Å². The molecule has 180 valence electrons. The maximum atomic E-state index is 12.7. The molecule has 7 heteroatoms. The molecular formula is C27H33N3O4. The number of ether oxygens (including phenoxy) is 3. The average Bonchev–Trinajstić information content (AvgIpc) is 2.86.